The number of hydrogen-bond acceptors (Lipinski definition) is 6. The fourth-order valence-electron chi connectivity index (χ4n) is 5.63. The monoisotopic (exact) mass is 590 g/mol. The zero-order valence-electron chi connectivity index (χ0n) is 21.0. The number of halogens is 5. The van der Waals surface area contributed by atoms with Crippen molar-refractivity contribution in [2.45, 2.75) is 43.8 Å². The van der Waals surface area contributed by atoms with Gasteiger partial charge in [-0.2, -0.15) is 13.2 Å². The van der Waals surface area contributed by atoms with Crippen LogP contribution in [0.3, 0.4) is 0 Å². The molecule has 0 radical (unpaired) electrons. The molecule has 1 aromatic heterocycles. The van der Waals surface area contributed by atoms with Crippen molar-refractivity contribution in [1.82, 2.24) is 4.57 Å². The first-order valence-corrected chi connectivity index (χ1v) is 14.3. The van der Waals surface area contributed by atoms with Gasteiger partial charge in [0.05, 0.1) is 34.7 Å². The lowest BCUT2D eigenvalue weighted by molar-refractivity contribution is -0.195. The molecule has 5 rings (SSSR count). The minimum Gasteiger partial charge on any atom is -0.395 e. The van der Waals surface area contributed by atoms with Gasteiger partial charge in [0.1, 0.15) is 5.69 Å². The summed E-state index contributed by atoms with van der Waals surface area (Å²) in [7, 11) is -3.93. The summed E-state index contributed by atoms with van der Waals surface area (Å²) in [5.74, 6) is -4.92. The van der Waals surface area contributed by atoms with E-state index in [-0.39, 0.29) is 48.6 Å². The summed E-state index contributed by atoms with van der Waals surface area (Å²) in [5, 5.41) is 11.5. The molecule has 1 saturated heterocycles. The standard InChI is InChI=1S/C25H27F5N4O5S/c26-24(27)12-17(13-24)34-6-1-2-19(22(34)37)31-21(36)18-4-3-16(32-40(38,39)9-8-35)10-20(18)33-7-5-23(25(28,29)30)11-15(23)14-33/h1-4,6,10,15,17,32,35H,5,7-9,11-14H2,(H,31,36)/t15-,23+/m0/s1. The molecule has 2 aliphatic carbocycles. The van der Waals surface area contributed by atoms with E-state index < -0.39 is 76.2 Å². The van der Waals surface area contributed by atoms with Crippen molar-refractivity contribution >= 4 is 33.0 Å². The van der Waals surface area contributed by atoms with Gasteiger partial charge in [0.15, 0.2) is 0 Å². The summed E-state index contributed by atoms with van der Waals surface area (Å²) < 4.78 is 95.3. The van der Waals surface area contributed by atoms with E-state index in [1.54, 1.807) is 4.90 Å². The van der Waals surface area contributed by atoms with E-state index in [1.807, 2.05) is 0 Å². The number of pyridine rings is 1. The third-order valence-corrected chi connectivity index (χ3v) is 9.23. The van der Waals surface area contributed by atoms with Crippen LogP contribution in [0, 0.1) is 11.3 Å². The van der Waals surface area contributed by atoms with Gasteiger partial charge in [0.2, 0.25) is 10.0 Å². The molecule has 2 atom stereocenters. The maximum atomic E-state index is 13.6. The van der Waals surface area contributed by atoms with Crippen molar-refractivity contribution in [2.75, 3.05) is 40.4 Å². The Hall–Kier alpha value is -3.20. The number of hydrogen-bond donors (Lipinski definition) is 3. The number of anilines is 3. The Morgan fingerprint density at radius 1 is 1.15 bits per heavy atom. The normalized spacial score (nSPS) is 24.1. The number of piperidine rings is 1. The maximum Gasteiger partial charge on any atom is 0.394 e. The Kier molecular flexibility index (Phi) is 6.88. The van der Waals surface area contributed by atoms with Gasteiger partial charge in [-0.25, -0.2) is 17.2 Å². The van der Waals surface area contributed by atoms with Crippen LogP contribution in [0.1, 0.15) is 42.1 Å². The van der Waals surface area contributed by atoms with Gasteiger partial charge >= 0.3 is 6.18 Å². The van der Waals surface area contributed by atoms with Gasteiger partial charge in [-0.3, -0.25) is 14.3 Å². The van der Waals surface area contributed by atoms with Crippen molar-refractivity contribution in [3.05, 3.63) is 52.4 Å². The van der Waals surface area contributed by atoms with Crippen molar-refractivity contribution in [3.63, 3.8) is 0 Å². The van der Waals surface area contributed by atoms with E-state index in [1.165, 1.54) is 36.5 Å². The number of aromatic nitrogens is 1. The number of nitrogens with zero attached hydrogens (tertiary/aromatic N) is 2. The minimum atomic E-state index is -4.36. The van der Waals surface area contributed by atoms with Crippen LogP contribution < -0.4 is 20.5 Å². The lowest BCUT2D eigenvalue weighted by atomic mass is 9.88. The fraction of sp³-hybridized carbons (Fsp3) is 0.520. The lowest BCUT2D eigenvalue weighted by Gasteiger charge is -2.36. The number of alkyl halides is 5. The molecular weight excluding hydrogens is 563 g/mol. The van der Waals surface area contributed by atoms with Crippen molar-refractivity contribution in [2.24, 2.45) is 11.3 Å². The van der Waals surface area contributed by atoms with Gasteiger partial charge in [0.25, 0.3) is 17.4 Å². The number of aliphatic hydroxyl groups is 1. The van der Waals surface area contributed by atoms with Gasteiger partial charge < -0.3 is 19.9 Å². The van der Waals surface area contributed by atoms with Gasteiger partial charge in [0, 0.05) is 38.2 Å². The number of sulfonamides is 1. The average Bonchev–Trinajstić information content (AvgIpc) is 3.59. The number of carbonyl (C=O) groups is 1. The Bertz CT molecular complexity index is 1490. The number of amides is 1. The van der Waals surface area contributed by atoms with Crippen LogP contribution in [0.25, 0.3) is 0 Å². The molecule has 15 heteroatoms. The number of carbonyl (C=O) groups excluding carboxylic acids is 1. The Morgan fingerprint density at radius 3 is 2.50 bits per heavy atom. The van der Waals surface area contributed by atoms with Crippen LogP contribution in [0.15, 0.2) is 41.3 Å². The summed E-state index contributed by atoms with van der Waals surface area (Å²) in [6.07, 6.45) is -4.25. The second-order valence-electron chi connectivity index (χ2n) is 10.6. The first kappa shape index (κ1) is 28.3. The fourth-order valence-corrected chi connectivity index (χ4v) is 6.46. The number of rotatable bonds is 8. The molecule has 1 aliphatic heterocycles. The second-order valence-corrected chi connectivity index (χ2v) is 12.5. The van der Waals surface area contributed by atoms with E-state index in [9.17, 15) is 40.0 Å². The van der Waals surface area contributed by atoms with Crippen LogP contribution in [-0.2, 0) is 10.0 Å². The van der Waals surface area contributed by atoms with E-state index in [0.29, 0.717) is 0 Å². The highest BCUT2D eigenvalue weighted by Gasteiger charge is 2.71. The molecule has 2 saturated carbocycles. The quantitative estimate of drug-likeness (QED) is 0.405. The summed E-state index contributed by atoms with van der Waals surface area (Å²) in [5.41, 5.74) is -2.43. The van der Waals surface area contributed by atoms with E-state index in [0.717, 1.165) is 4.57 Å². The molecule has 3 fully saturated rings. The molecule has 2 aromatic rings. The summed E-state index contributed by atoms with van der Waals surface area (Å²) in [6, 6.07) is 5.92. The largest absolute Gasteiger partial charge is 0.395 e. The van der Waals surface area contributed by atoms with Crippen LogP contribution in [0.4, 0.5) is 39.0 Å². The zero-order chi connectivity index (χ0) is 29.1. The smallest absolute Gasteiger partial charge is 0.394 e. The first-order chi connectivity index (χ1) is 18.6. The number of aliphatic hydroxyl groups excluding tert-OH is 1. The van der Waals surface area contributed by atoms with Crippen molar-refractivity contribution in [3.8, 4) is 0 Å². The number of fused-ring (bicyclic) bond motifs is 1. The Balaban J connectivity index is 1.43. The summed E-state index contributed by atoms with van der Waals surface area (Å²) in [6.45, 7) is -0.694. The molecule has 0 bridgehead atoms. The number of benzene rings is 1. The molecule has 0 unspecified atom stereocenters. The van der Waals surface area contributed by atoms with Gasteiger partial charge in [-0.15, -0.1) is 0 Å². The first-order valence-electron chi connectivity index (χ1n) is 12.6. The summed E-state index contributed by atoms with van der Waals surface area (Å²) in [4.78, 5) is 27.8. The average molecular weight is 591 g/mol. The zero-order valence-corrected chi connectivity index (χ0v) is 21.9. The predicted molar refractivity (Wildman–Crippen MR) is 136 cm³/mol. The molecule has 1 aromatic carbocycles. The Morgan fingerprint density at radius 2 is 1.88 bits per heavy atom. The van der Waals surface area contributed by atoms with Gasteiger partial charge in [-0.1, -0.05) is 0 Å². The summed E-state index contributed by atoms with van der Waals surface area (Å²) >= 11 is 0. The van der Waals surface area contributed by atoms with Crippen LogP contribution in [0.5, 0.6) is 0 Å². The lowest BCUT2D eigenvalue weighted by Crippen LogP contribution is -2.42. The van der Waals surface area contributed by atoms with Crippen molar-refractivity contribution < 1.29 is 40.3 Å². The Labute approximate surface area is 226 Å². The van der Waals surface area contributed by atoms with Crippen LogP contribution in [0.2, 0.25) is 0 Å². The van der Waals surface area contributed by atoms with Crippen LogP contribution in [-0.4, -0.2) is 61.5 Å². The topological polar surface area (TPSA) is 121 Å². The third-order valence-electron chi connectivity index (χ3n) is 7.97. The highest BCUT2D eigenvalue weighted by Crippen LogP contribution is 2.66. The van der Waals surface area contributed by atoms with Gasteiger partial charge in [-0.05, 0) is 49.1 Å². The molecule has 3 N–H and O–H groups in total. The molecular formula is C25H27F5N4O5S. The highest BCUT2D eigenvalue weighted by atomic mass is 32.2. The molecule has 0 spiro atoms. The third kappa shape index (κ3) is 5.28. The molecule has 2 heterocycles. The second kappa shape index (κ2) is 9.72. The molecule has 218 valence electrons. The maximum absolute atomic E-state index is 13.6. The molecule has 9 nitrogen and oxygen atoms in total. The van der Waals surface area contributed by atoms with E-state index >= 15 is 0 Å². The number of nitrogens with one attached hydrogen (secondary N) is 2. The van der Waals surface area contributed by atoms with E-state index in [4.69, 9.17) is 5.11 Å². The molecule has 3 aliphatic rings. The molecule has 40 heavy (non-hydrogen) atoms. The van der Waals surface area contributed by atoms with Crippen molar-refractivity contribution in [1.29, 1.82) is 0 Å². The highest BCUT2D eigenvalue weighted by molar-refractivity contribution is 7.92. The molecule has 1 amide bonds. The minimum absolute atomic E-state index is 0.0132. The SMILES string of the molecule is O=C(Nc1cccn(C2CC(F)(F)C2)c1=O)c1ccc(NS(=O)(=O)CCO)cc1N1CC[C@@]2(C(F)(F)F)C[C@H]2C1. The van der Waals surface area contributed by atoms with Crippen LogP contribution >= 0.6 is 0 Å². The van der Waals surface area contributed by atoms with E-state index in [2.05, 4.69) is 10.0 Å². The predicted octanol–water partition coefficient (Wildman–Crippen LogP) is 3.58.